The average Bonchev–Trinajstić information content (AvgIpc) is 2.37. The van der Waals surface area contributed by atoms with Crippen molar-refractivity contribution in [1.82, 2.24) is 0 Å². The van der Waals surface area contributed by atoms with E-state index in [1.807, 2.05) is 0 Å². The lowest BCUT2D eigenvalue weighted by Gasteiger charge is -2.10. The van der Waals surface area contributed by atoms with Gasteiger partial charge in [-0.05, 0) is 40.2 Å². The monoisotopic (exact) mass is 346 g/mol. The zero-order valence-corrected chi connectivity index (χ0v) is 11.2. The van der Waals surface area contributed by atoms with E-state index in [2.05, 4.69) is 15.9 Å². The zero-order valence-electron chi connectivity index (χ0n) is 9.66. The van der Waals surface area contributed by atoms with Gasteiger partial charge in [-0.2, -0.15) is 0 Å². The largest absolute Gasteiger partial charge is 0.478 e. The van der Waals surface area contributed by atoms with E-state index >= 15 is 0 Å². The van der Waals surface area contributed by atoms with Gasteiger partial charge >= 0.3 is 5.97 Å². The summed E-state index contributed by atoms with van der Waals surface area (Å²) in [6, 6.07) is 4.62. The van der Waals surface area contributed by atoms with E-state index in [1.165, 1.54) is 6.07 Å². The van der Waals surface area contributed by atoms with Crippen LogP contribution in [-0.2, 0) is 0 Å². The molecule has 0 fully saturated rings. The highest BCUT2D eigenvalue weighted by Gasteiger charge is 2.17. The van der Waals surface area contributed by atoms with Gasteiger partial charge in [-0.1, -0.05) is 0 Å². The highest BCUT2D eigenvalue weighted by Crippen LogP contribution is 2.33. The van der Waals surface area contributed by atoms with Gasteiger partial charge in [-0.15, -0.1) is 0 Å². The Morgan fingerprint density at radius 1 is 1.10 bits per heavy atom. The molecule has 0 spiro atoms. The predicted octanol–water partition coefficient (Wildman–Crippen LogP) is 4.36. The number of hydrogen-bond donors (Lipinski definition) is 1. The van der Waals surface area contributed by atoms with Crippen molar-refractivity contribution in [3.63, 3.8) is 0 Å². The van der Waals surface area contributed by atoms with Crippen LogP contribution in [0.15, 0.2) is 34.8 Å². The lowest BCUT2D eigenvalue weighted by Crippen LogP contribution is -2.01. The molecule has 104 valence electrons. The Morgan fingerprint density at radius 2 is 1.70 bits per heavy atom. The standard InChI is InChI=1S/C13H6BrF3O3/c14-8-2-1-7(15)5-11(8)20-12-9(16)3-6(13(18)19)4-10(12)17/h1-5H,(H,18,19). The molecule has 20 heavy (non-hydrogen) atoms. The van der Waals surface area contributed by atoms with Crippen molar-refractivity contribution in [2.45, 2.75) is 0 Å². The number of halogens is 4. The molecule has 2 aromatic carbocycles. The van der Waals surface area contributed by atoms with Crippen molar-refractivity contribution in [3.05, 3.63) is 57.8 Å². The number of carboxylic acid groups (broad SMARTS) is 1. The van der Waals surface area contributed by atoms with Gasteiger partial charge in [0.1, 0.15) is 11.6 Å². The van der Waals surface area contributed by atoms with Crippen LogP contribution in [0.1, 0.15) is 10.4 Å². The van der Waals surface area contributed by atoms with Gasteiger partial charge < -0.3 is 9.84 Å². The second-order valence-electron chi connectivity index (χ2n) is 3.75. The van der Waals surface area contributed by atoms with Crippen molar-refractivity contribution in [2.24, 2.45) is 0 Å². The van der Waals surface area contributed by atoms with E-state index in [-0.39, 0.29) is 5.75 Å². The molecule has 0 bridgehead atoms. The van der Waals surface area contributed by atoms with Crippen LogP contribution in [0.25, 0.3) is 0 Å². The van der Waals surface area contributed by atoms with Gasteiger partial charge in [0.05, 0.1) is 10.0 Å². The maximum absolute atomic E-state index is 13.7. The summed E-state index contributed by atoms with van der Waals surface area (Å²) in [5.74, 6) is -5.45. The number of aromatic carboxylic acids is 1. The minimum Gasteiger partial charge on any atom is -0.478 e. The van der Waals surface area contributed by atoms with Crippen molar-refractivity contribution in [3.8, 4) is 11.5 Å². The summed E-state index contributed by atoms with van der Waals surface area (Å²) in [4.78, 5) is 10.6. The molecule has 0 amide bonds. The van der Waals surface area contributed by atoms with E-state index in [9.17, 15) is 18.0 Å². The SMILES string of the molecule is O=C(O)c1cc(F)c(Oc2cc(F)ccc2Br)c(F)c1. The first-order chi connectivity index (χ1) is 9.38. The number of benzene rings is 2. The van der Waals surface area contributed by atoms with Gasteiger partial charge in [-0.25, -0.2) is 18.0 Å². The van der Waals surface area contributed by atoms with Crippen LogP contribution in [0.2, 0.25) is 0 Å². The number of carbonyl (C=O) groups is 1. The Balaban J connectivity index is 2.44. The lowest BCUT2D eigenvalue weighted by atomic mass is 10.2. The molecule has 0 aromatic heterocycles. The first kappa shape index (κ1) is 14.4. The van der Waals surface area contributed by atoms with E-state index in [0.717, 1.165) is 12.1 Å². The zero-order chi connectivity index (χ0) is 14.9. The van der Waals surface area contributed by atoms with Crippen LogP contribution in [0.3, 0.4) is 0 Å². The second kappa shape index (κ2) is 5.54. The van der Waals surface area contributed by atoms with Crippen molar-refractivity contribution < 1.29 is 27.8 Å². The Bertz CT molecular complexity index is 666. The maximum Gasteiger partial charge on any atom is 0.335 e. The molecule has 3 nitrogen and oxygen atoms in total. The Hall–Kier alpha value is -2.02. The summed E-state index contributed by atoms with van der Waals surface area (Å²) >= 11 is 3.04. The molecule has 0 saturated heterocycles. The Morgan fingerprint density at radius 3 is 2.25 bits per heavy atom. The molecule has 0 atom stereocenters. The molecule has 0 radical (unpaired) electrons. The van der Waals surface area contributed by atoms with E-state index in [4.69, 9.17) is 9.84 Å². The minimum absolute atomic E-state index is 0.133. The molecule has 0 heterocycles. The molecule has 0 aliphatic carbocycles. The van der Waals surface area contributed by atoms with E-state index < -0.39 is 34.7 Å². The molecule has 0 unspecified atom stereocenters. The second-order valence-corrected chi connectivity index (χ2v) is 4.61. The highest BCUT2D eigenvalue weighted by atomic mass is 79.9. The summed E-state index contributed by atoms with van der Waals surface area (Å²) in [6.45, 7) is 0. The van der Waals surface area contributed by atoms with Crippen LogP contribution in [0.5, 0.6) is 11.5 Å². The molecule has 0 saturated carbocycles. The number of rotatable bonds is 3. The molecule has 0 aliphatic rings. The molecular formula is C13H6BrF3O3. The van der Waals surface area contributed by atoms with Crippen LogP contribution in [0, 0.1) is 17.5 Å². The highest BCUT2D eigenvalue weighted by molar-refractivity contribution is 9.10. The van der Waals surface area contributed by atoms with Crippen molar-refractivity contribution in [2.75, 3.05) is 0 Å². The Kier molecular flexibility index (Phi) is 3.99. The summed E-state index contributed by atoms with van der Waals surface area (Å²) in [6.07, 6.45) is 0. The third-order valence-electron chi connectivity index (χ3n) is 2.35. The first-order valence-corrected chi connectivity index (χ1v) is 6.03. The lowest BCUT2D eigenvalue weighted by molar-refractivity contribution is 0.0695. The molecule has 1 N–H and O–H groups in total. The van der Waals surface area contributed by atoms with Crippen LogP contribution >= 0.6 is 15.9 Å². The average molecular weight is 347 g/mol. The number of ether oxygens (including phenoxy) is 1. The quantitative estimate of drug-likeness (QED) is 0.898. The molecule has 2 rings (SSSR count). The van der Waals surface area contributed by atoms with E-state index in [1.54, 1.807) is 0 Å². The van der Waals surface area contributed by atoms with Crippen LogP contribution in [0.4, 0.5) is 13.2 Å². The number of hydrogen-bond acceptors (Lipinski definition) is 2. The fraction of sp³-hybridized carbons (Fsp3) is 0. The molecule has 2 aromatic rings. The normalized spacial score (nSPS) is 10.4. The number of carboxylic acids is 1. The van der Waals surface area contributed by atoms with Crippen molar-refractivity contribution >= 4 is 21.9 Å². The fourth-order valence-electron chi connectivity index (χ4n) is 1.45. The third kappa shape index (κ3) is 2.93. The fourth-order valence-corrected chi connectivity index (χ4v) is 1.77. The summed E-state index contributed by atoms with van der Waals surface area (Å²) in [7, 11) is 0. The minimum atomic E-state index is -1.47. The first-order valence-electron chi connectivity index (χ1n) is 5.23. The van der Waals surface area contributed by atoms with Crippen molar-refractivity contribution in [1.29, 1.82) is 0 Å². The summed E-state index contributed by atoms with van der Waals surface area (Å²) in [5.41, 5.74) is -0.550. The van der Waals surface area contributed by atoms with Gasteiger partial charge in [0.25, 0.3) is 0 Å². The van der Waals surface area contributed by atoms with Gasteiger partial charge in [0.2, 0.25) is 0 Å². The molecular weight excluding hydrogens is 341 g/mol. The van der Waals surface area contributed by atoms with Gasteiger partial charge in [0, 0.05) is 6.07 Å². The van der Waals surface area contributed by atoms with Gasteiger partial charge in [-0.3, -0.25) is 0 Å². The summed E-state index contributed by atoms with van der Waals surface area (Å²) < 4.78 is 45.6. The van der Waals surface area contributed by atoms with Crippen LogP contribution in [-0.4, -0.2) is 11.1 Å². The summed E-state index contributed by atoms with van der Waals surface area (Å²) in [5, 5.41) is 8.66. The molecule has 0 aliphatic heterocycles. The van der Waals surface area contributed by atoms with E-state index in [0.29, 0.717) is 16.6 Å². The van der Waals surface area contributed by atoms with Gasteiger partial charge in [0.15, 0.2) is 17.4 Å². The molecule has 7 heteroatoms. The smallest absolute Gasteiger partial charge is 0.335 e. The maximum atomic E-state index is 13.7. The topological polar surface area (TPSA) is 46.5 Å². The third-order valence-corrected chi connectivity index (χ3v) is 3.01. The van der Waals surface area contributed by atoms with Crippen LogP contribution < -0.4 is 4.74 Å². The Labute approximate surface area is 119 Å². The predicted molar refractivity (Wildman–Crippen MR) is 67.5 cm³/mol.